The van der Waals surface area contributed by atoms with Crippen LogP contribution in [0.1, 0.15) is 51.0 Å². The first-order valence-electron chi connectivity index (χ1n) is 9.46. The number of nitrogens with zero attached hydrogens (tertiary/aromatic N) is 1. The highest BCUT2D eigenvalue weighted by molar-refractivity contribution is 5.88. The van der Waals surface area contributed by atoms with Crippen LogP contribution in [-0.4, -0.2) is 17.6 Å². The summed E-state index contributed by atoms with van der Waals surface area (Å²) in [6, 6.07) is 6.89. The van der Waals surface area contributed by atoms with E-state index in [0.29, 0.717) is 24.4 Å². The Morgan fingerprint density at radius 1 is 1.23 bits per heavy atom. The van der Waals surface area contributed by atoms with Crippen LogP contribution in [0.25, 0.3) is 10.9 Å². The van der Waals surface area contributed by atoms with Crippen LogP contribution in [0.3, 0.4) is 0 Å². The average molecular weight is 353 g/mol. The number of aromatic nitrogens is 1. The minimum Gasteiger partial charge on any atom is -0.463 e. The summed E-state index contributed by atoms with van der Waals surface area (Å²) in [5, 5.41) is 0.941. The monoisotopic (exact) mass is 353 g/mol. The Hall–Kier alpha value is -2.23. The molecule has 0 radical (unpaired) electrons. The third-order valence-corrected chi connectivity index (χ3v) is 6.15. The predicted octanol–water partition coefficient (Wildman–Crippen LogP) is 5.16. The Balaban J connectivity index is 1.55. The van der Waals surface area contributed by atoms with Gasteiger partial charge >= 0.3 is 5.97 Å². The molecule has 3 atom stereocenters. The van der Waals surface area contributed by atoms with E-state index < -0.39 is 0 Å². The topological polar surface area (TPSA) is 39.2 Å². The van der Waals surface area contributed by atoms with Crippen LogP contribution in [-0.2, 0) is 9.53 Å². The number of hydrogen-bond donors (Lipinski definition) is 0. The normalized spacial score (nSPS) is 26.8. The fourth-order valence-corrected chi connectivity index (χ4v) is 4.87. The molecule has 136 valence electrons. The molecule has 2 aliphatic rings. The van der Waals surface area contributed by atoms with Crippen LogP contribution >= 0.6 is 0 Å². The highest BCUT2D eigenvalue weighted by Crippen LogP contribution is 2.53. The number of halogens is 1. The molecule has 1 heterocycles. The predicted molar refractivity (Wildman–Crippen MR) is 99.2 cm³/mol. The summed E-state index contributed by atoms with van der Waals surface area (Å²) < 4.78 is 18.9. The zero-order valence-electron chi connectivity index (χ0n) is 15.3. The largest absolute Gasteiger partial charge is 0.463 e. The summed E-state index contributed by atoms with van der Waals surface area (Å²) in [6.07, 6.45) is 6.01. The van der Waals surface area contributed by atoms with Crippen LogP contribution < -0.4 is 0 Å². The zero-order valence-corrected chi connectivity index (χ0v) is 15.3. The van der Waals surface area contributed by atoms with Crippen molar-refractivity contribution in [2.75, 3.05) is 6.61 Å². The summed E-state index contributed by atoms with van der Waals surface area (Å²) in [5.74, 6) is 1.28. The molecule has 26 heavy (non-hydrogen) atoms. The van der Waals surface area contributed by atoms with E-state index in [1.54, 1.807) is 12.1 Å². The number of allylic oxidation sites excluding steroid dienone is 1. The van der Waals surface area contributed by atoms with Gasteiger partial charge in [-0.3, -0.25) is 4.98 Å². The Morgan fingerprint density at radius 2 is 1.96 bits per heavy atom. The second-order valence-electron chi connectivity index (χ2n) is 7.61. The maximum absolute atomic E-state index is 13.7. The number of esters is 1. The van der Waals surface area contributed by atoms with Crippen LogP contribution in [0.4, 0.5) is 4.39 Å². The highest BCUT2D eigenvalue weighted by Gasteiger charge is 2.41. The number of hydrogen-bond acceptors (Lipinski definition) is 3. The maximum Gasteiger partial charge on any atom is 0.333 e. The maximum atomic E-state index is 13.7. The highest BCUT2D eigenvalue weighted by atomic mass is 19.1. The summed E-state index contributed by atoms with van der Waals surface area (Å²) >= 11 is 0. The number of fused-ring (bicyclic) bond motifs is 2. The quantitative estimate of drug-likeness (QED) is 0.565. The molecule has 2 fully saturated rings. The SMILES string of the molecule is CCOC(=O)C(C)=C1C[C@@H]2CC(c3ccnc4ccc(F)cc34)C[C@@H]2C1. The lowest BCUT2D eigenvalue weighted by Gasteiger charge is -2.15. The Labute approximate surface area is 153 Å². The van der Waals surface area contributed by atoms with E-state index in [2.05, 4.69) is 4.98 Å². The van der Waals surface area contributed by atoms with Crippen LogP contribution in [0, 0.1) is 17.7 Å². The molecule has 4 rings (SSSR count). The number of carbonyl (C=O) groups excluding carboxylic acids is 1. The van der Waals surface area contributed by atoms with E-state index in [1.165, 1.54) is 17.2 Å². The Bertz CT molecular complexity index is 873. The molecule has 0 bridgehead atoms. The molecule has 0 spiro atoms. The molecule has 3 nitrogen and oxygen atoms in total. The average Bonchev–Trinajstić information content (AvgIpc) is 3.19. The molecule has 0 aliphatic heterocycles. The minimum absolute atomic E-state index is 0.172. The third kappa shape index (κ3) is 3.02. The number of rotatable bonds is 3. The first-order chi connectivity index (χ1) is 12.6. The smallest absolute Gasteiger partial charge is 0.333 e. The lowest BCUT2D eigenvalue weighted by molar-refractivity contribution is -0.138. The van der Waals surface area contributed by atoms with E-state index in [-0.39, 0.29) is 11.8 Å². The molecular formula is C22H24FNO2. The molecule has 0 N–H and O–H groups in total. The lowest BCUT2D eigenvalue weighted by Crippen LogP contribution is -2.07. The van der Waals surface area contributed by atoms with Crippen molar-refractivity contribution in [1.82, 2.24) is 4.98 Å². The molecule has 1 aromatic heterocycles. The van der Waals surface area contributed by atoms with Gasteiger partial charge in [0.2, 0.25) is 0 Å². The van der Waals surface area contributed by atoms with Crippen LogP contribution in [0.2, 0.25) is 0 Å². The first kappa shape index (κ1) is 17.2. The van der Waals surface area contributed by atoms with E-state index in [4.69, 9.17) is 4.74 Å². The summed E-state index contributed by atoms with van der Waals surface area (Å²) in [7, 11) is 0. The molecule has 1 aromatic carbocycles. The molecule has 0 amide bonds. The summed E-state index contributed by atoms with van der Waals surface area (Å²) in [5.41, 5.74) is 4.15. The van der Waals surface area contributed by atoms with E-state index >= 15 is 0 Å². The van der Waals surface area contributed by atoms with Gasteiger partial charge in [0.1, 0.15) is 5.82 Å². The van der Waals surface area contributed by atoms with Gasteiger partial charge in [-0.1, -0.05) is 5.57 Å². The summed E-state index contributed by atoms with van der Waals surface area (Å²) in [6.45, 7) is 4.15. The van der Waals surface area contributed by atoms with Crippen molar-refractivity contribution in [3.05, 3.63) is 53.0 Å². The fourth-order valence-electron chi connectivity index (χ4n) is 4.87. The lowest BCUT2D eigenvalue weighted by atomic mass is 9.91. The van der Waals surface area contributed by atoms with E-state index in [0.717, 1.165) is 42.2 Å². The number of benzene rings is 1. The van der Waals surface area contributed by atoms with Gasteiger partial charge in [0, 0.05) is 17.2 Å². The van der Waals surface area contributed by atoms with Gasteiger partial charge in [0.25, 0.3) is 0 Å². The molecule has 0 saturated heterocycles. The second-order valence-corrected chi connectivity index (χ2v) is 7.61. The van der Waals surface area contributed by atoms with Gasteiger partial charge in [-0.25, -0.2) is 9.18 Å². The van der Waals surface area contributed by atoms with Gasteiger partial charge in [0.05, 0.1) is 12.1 Å². The van der Waals surface area contributed by atoms with E-state index in [1.807, 2.05) is 26.1 Å². The third-order valence-electron chi connectivity index (χ3n) is 6.15. The molecule has 1 unspecified atom stereocenters. The van der Waals surface area contributed by atoms with Gasteiger partial charge in [-0.05, 0) is 87.1 Å². The van der Waals surface area contributed by atoms with Crippen molar-refractivity contribution in [3.8, 4) is 0 Å². The minimum atomic E-state index is -0.208. The number of pyridine rings is 1. The molecular weight excluding hydrogens is 329 g/mol. The summed E-state index contributed by atoms with van der Waals surface area (Å²) in [4.78, 5) is 16.4. The van der Waals surface area contributed by atoms with Crippen molar-refractivity contribution in [3.63, 3.8) is 0 Å². The molecule has 4 heteroatoms. The molecule has 2 aliphatic carbocycles. The second kappa shape index (κ2) is 6.82. The fraction of sp³-hybridized carbons (Fsp3) is 0.455. The Morgan fingerprint density at radius 3 is 2.65 bits per heavy atom. The number of ether oxygens (including phenoxy) is 1. The van der Waals surface area contributed by atoms with Gasteiger partial charge < -0.3 is 4.74 Å². The standard InChI is InChI=1S/C22H24FNO2/c1-3-26-22(25)13(2)14-8-15-10-17(11-16(15)9-14)19-6-7-24-21-5-4-18(23)12-20(19)21/h4-7,12,15-17H,3,8-11H2,1-2H3/t15-,16+,17?. The van der Waals surface area contributed by atoms with Gasteiger partial charge in [-0.2, -0.15) is 0 Å². The van der Waals surface area contributed by atoms with Crippen molar-refractivity contribution < 1.29 is 13.9 Å². The zero-order chi connectivity index (χ0) is 18.3. The number of carbonyl (C=O) groups is 1. The van der Waals surface area contributed by atoms with E-state index in [9.17, 15) is 9.18 Å². The van der Waals surface area contributed by atoms with Crippen LogP contribution in [0.15, 0.2) is 41.6 Å². The van der Waals surface area contributed by atoms with Gasteiger partial charge in [0.15, 0.2) is 0 Å². The molecule has 2 saturated carbocycles. The van der Waals surface area contributed by atoms with Crippen LogP contribution in [0.5, 0.6) is 0 Å². The van der Waals surface area contributed by atoms with Crippen molar-refractivity contribution in [2.45, 2.75) is 45.4 Å². The van der Waals surface area contributed by atoms with Crippen molar-refractivity contribution >= 4 is 16.9 Å². The van der Waals surface area contributed by atoms with Gasteiger partial charge in [-0.15, -0.1) is 0 Å². The van der Waals surface area contributed by atoms with Crippen molar-refractivity contribution in [1.29, 1.82) is 0 Å². The van der Waals surface area contributed by atoms with Crippen molar-refractivity contribution in [2.24, 2.45) is 11.8 Å². The Kier molecular flexibility index (Phi) is 4.51. The first-order valence-corrected chi connectivity index (χ1v) is 9.46. The molecule has 2 aromatic rings.